The molecule has 1 rings (SSSR count). The van der Waals surface area contributed by atoms with Crippen molar-refractivity contribution in [1.29, 1.82) is 0 Å². The summed E-state index contributed by atoms with van der Waals surface area (Å²) in [5, 5.41) is 3.17. The smallest absolute Gasteiger partial charge is 0.323 e. The number of hydrogen-bond acceptors (Lipinski definition) is 7. The number of nitrogens with two attached hydrogens (primary N) is 1. The van der Waals surface area contributed by atoms with Crippen molar-refractivity contribution in [3.8, 4) is 6.01 Å². The molecule has 0 radical (unpaired) electrons. The summed E-state index contributed by atoms with van der Waals surface area (Å²) in [5.41, 5.74) is 5.63. The topological polar surface area (TPSA) is 86.0 Å². The monoisotopic (exact) mass is 299 g/mol. The first-order valence-corrected chi connectivity index (χ1v) is 8.52. The third-order valence-corrected chi connectivity index (χ3v) is 3.32. The van der Waals surface area contributed by atoms with Crippen LogP contribution in [-0.4, -0.2) is 40.1 Å². The van der Waals surface area contributed by atoms with E-state index in [1.807, 2.05) is 18.7 Å². The molecule has 0 unspecified atom stereocenters. The van der Waals surface area contributed by atoms with E-state index >= 15 is 0 Å². The molecular weight excluding hydrogens is 274 g/mol. The van der Waals surface area contributed by atoms with Gasteiger partial charge in [-0.25, -0.2) is 0 Å². The third-order valence-electron chi connectivity index (χ3n) is 2.63. The second-order valence-electron chi connectivity index (χ2n) is 4.48. The largest absolute Gasteiger partial charge is 0.463 e. The van der Waals surface area contributed by atoms with E-state index in [0.717, 1.165) is 19.4 Å². The number of unbranched alkanes of at least 4 members (excludes halogenated alkanes) is 3. The predicted molar refractivity (Wildman–Crippen MR) is 85.4 cm³/mol. The van der Waals surface area contributed by atoms with Crippen LogP contribution in [0.1, 0.15) is 39.0 Å². The predicted octanol–water partition coefficient (Wildman–Crippen LogP) is 2.58. The first-order valence-electron chi connectivity index (χ1n) is 7.13. The molecule has 0 aliphatic heterocycles. The quantitative estimate of drug-likeness (QED) is 0.607. The zero-order valence-corrected chi connectivity index (χ0v) is 13.2. The number of ether oxygens (including phenoxy) is 1. The maximum absolute atomic E-state index is 5.63. The second kappa shape index (κ2) is 10.5. The Bertz CT molecular complexity index is 378. The molecule has 0 aromatic carbocycles. The number of nitrogen functional groups attached to an aromatic ring is 1. The molecule has 0 saturated heterocycles. The lowest BCUT2D eigenvalue weighted by Crippen LogP contribution is -2.10. The fraction of sp³-hybridized carbons (Fsp3) is 0.769. The van der Waals surface area contributed by atoms with E-state index in [1.54, 1.807) is 0 Å². The molecular formula is C13H25N5OS. The second-order valence-corrected chi connectivity index (χ2v) is 5.47. The third kappa shape index (κ3) is 7.37. The molecule has 0 aliphatic carbocycles. The van der Waals surface area contributed by atoms with E-state index in [9.17, 15) is 0 Å². The molecule has 20 heavy (non-hydrogen) atoms. The van der Waals surface area contributed by atoms with E-state index in [1.165, 1.54) is 25.0 Å². The van der Waals surface area contributed by atoms with Gasteiger partial charge >= 0.3 is 6.01 Å². The number of anilines is 2. The van der Waals surface area contributed by atoms with Crippen LogP contribution in [0.15, 0.2) is 0 Å². The Kier molecular flexibility index (Phi) is 8.86. The number of rotatable bonds is 11. The van der Waals surface area contributed by atoms with Gasteiger partial charge < -0.3 is 15.8 Å². The molecule has 1 aromatic rings. The molecule has 1 aromatic heterocycles. The van der Waals surface area contributed by atoms with E-state index in [0.29, 0.717) is 18.6 Å². The van der Waals surface area contributed by atoms with E-state index < -0.39 is 0 Å². The minimum Gasteiger partial charge on any atom is -0.463 e. The fourth-order valence-corrected chi connectivity index (χ4v) is 2.13. The molecule has 0 fully saturated rings. The van der Waals surface area contributed by atoms with Gasteiger partial charge in [0.1, 0.15) is 0 Å². The van der Waals surface area contributed by atoms with E-state index in [4.69, 9.17) is 10.5 Å². The van der Waals surface area contributed by atoms with Gasteiger partial charge in [-0.3, -0.25) is 0 Å². The summed E-state index contributed by atoms with van der Waals surface area (Å²) >= 11 is 1.90. The maximum Gasteiger partial charge on any atom is 0.323 e. The van der Waals surface area contributed by atoms with Gasteiger partial charge in [-0.15, -0.1) is 0 Å². The van der Waals surface area contributed by atoms with Crippen LogP contribution in [0.2, 0.25) is 0 Å². The number of nitrogens with one attached hydrogen (secondary N) is 1. The lowest BCUT2D eigenvalue weighted by atomic mass is 10.2. The van der Waals surface area contributed by atoms with Crippen molar-refractivity contribution in [2.45, 2.75) is 39.0 Å². The minimum absolute atomic E-state index is 0.188. The molecule has 114 valence electrons. The first kappa shape index (κ1) is 16.8. The molecule has 6 nitrogen and oxygen atoms in total. The van der Waals surface area contributed by atoms with E-state index in [-0.39, 0.29) is 5.95 Å². The van der Waals surface area contributed by atoms with Crippen molar-refractivity contribution in [3.63, 3.8) is 0 Å². The molecule has 0 saturated carbocycles. The zero-order chi connectivity index (χ0) is 14.6. The molecule has 3 N–H and O–H groups in total. The molecule has 0 aliphatic rings. The van der Waals surface area contributed by atoms with Crippen molar-refractivity contribution in [2.24, 2.45) is 0 Å². The van der Waals surface area contributed by atoms with Crippen molar-refractivity contribution < 1.29 is 4.74 Å². The summed E-state index contributed by atoms with van der Waals surface area (Å²) in [6.07, 6.45) is 7.93. The molecule has 0 spiro atoms. The van der Waals surface area contributed by atoms with Gasteiger partial charge in [0, 0.05) is 6.54 Å². The SMILES string of the molecule is CCCOc1nc(N)nc(NCCCCCCSC)n1. The van der Waals surface area contributed by atoms with Crippen molar-refractivity contribution in [2.75, 3.05) is 36.2 Å². The van der Waals surface area contributed by atoms with Crippen LogP contribution in [0, 0.1) is 0 Å². The average Bonchev–Trinajstić information content (AvgIpc) is 2.43. The Morgan fingerprint density at radius 3 is 2.70 bits per heavy atom. The Hall–Kier alpha value is -1.24. The average molecular weight is 299 g/mol. The van der Waals surface area contributed by atoms with Gasteiger partial charge in [-0.1, -0.05) is 19.8 Å². The summed E-state index contributed by atoms with van der Waals surface area (Å²) in [6, 6.07) is 0.293. The molecule has 0 atom stereocenters. The Labute approximate surface area is 125 Å². The summed E-state index contributed by atoms with van der Waals surface area (Å²) in [6.45, 7) is 3.45. The Balaban J connectivity index is 2.26. The standard InChI is InChI=1S/C13H25N5OS/c1-3-9-19-13-17-11(14)16-12(18-13)15-8-6-4-5-7-10-20-2/h3-10H2,1-2H3,(H3,14,15,16,17,18). The summed E-state index contributed by atoms with van der Waals surface area (Å²) in [4.78, 5) is 12.2. The zero-order valence-electron chi connectivity index (χ0n) is 12.4. The molecule has 0 amide bonds. The Morgan fingerprint density at radius 1 is 1.15 bits per heavy atom. The lowest BCUT2D eigenvalue weighted by molar-refractivity contribution is 0.292. The van der Waals surface area contributed by atoms with Gasteiger partial charge in [-0.05, 0) is 31.3 Å². The van der Waals surface area contributed by atoms with Crippen LogP contribution in [0.3, 0.4) is 0 Å². The Morgan fingerprint density at radius 2 is 1.95 bits per heavy atom. The van der Waals surface area contributed by atoms with Crippen molar-refractivity contribution in [3.05, 3.63) is 0 Å². The van der Waals surface area contributed by atoms with Crippen LogP contribution < -0.4 is 15.8 Å². The summed E-state index contributed by atoms with van der Waals surface area (Å²) in [5.74, 6) is 1.93. The maximum atomic E-state index is 5.63. The number of hydrogen-bond donors (Lipinski definition) is 2. The highest BCUT2D eigenvalue weighted by Gasteiger charge is 2.04. The van der Waals surface area contributed by atoms with Gasteiger partial charge in [-0.2, -0.15) is 26.7 Å². The lowest BCUT2D eigenvalue weighted by Gasteiger charge is -2.07. The number of nitrogens with zero attached hydrogens (tertiary/aromatic N) is 3. The molecule has 0 bridgehead atoms. The van der Waals surface area contributed by atoms with Crippen LogP contribution in [-0.2, 0) is 0 Å². The highest BCUT2D eigenvalue weighted by Crippen LogP contribution is 2.10. The van der Waals surface area contributed by atoms with Crippen LogP contribution in [0.4, 0.5) is 11.9 Å². The summed E-state index contributed by atoms with van der Waals surface area (Å²) in [7, 11) is 0. The summed E-state index contributed by atoms with van der Waals surface area (Å²) < 4.78 is 5.36. The van der Waals surface area contributed by atoms with Gasteiger partial charge in [0.2, 0.25) is 11.9 Å². The van der Waals surface area contributed by atoms with Gasteiger partial charge in [0.05, 0.1) is 6.61 Å². The number of thioether (sulfide) groups is 1. The highest BCUT2D eigenvalue weighted by atomic mass is 32.2. The normalized spacial score (nSPS) is 10.5. The van der Waals surface area contributed by atoms with Gasteiger partial charge in [0.15, 0.2) is 0 Å². The minimum atomic E-state index is 0.188. The molecule has 7 heteroatoms. The van der Waals surface area contributed by atoms with E-state index in [2.05, 4.69) is 26.5 Å². The number of aromatic nitrogens is 3. The van der Waals surface area contributed by atoms with Crippen molar-refractivity contribution in [1.82, 2.24) is 15.0 Å². The van der Waals surface area contributed by atoms with Gasteiger partial charge in [0.25, 0.3) is 0 Å². The van der Waals surface area contributed by atoms with Crippen molar-refractivity contribution >= 4 is 23.7 Å². The van der Waals surface area contributed by atoms with Crippen LogP contribution >= 0.6 is 11.8 Å². The molecule has 1 heterocycles. The first-order chi connectivity index (χ1) is 9.76. The van der Waals surface area contributed by atoms with Crippen LogP contribution in [0.5, 0.6) is 6.01 Å². The highest BCUT2D eigenvalue weighted by molar-refractivity contribution is 7.98. The van der Waals surface area contributed by atoms with Crippen LogP contribution in [0.25, 0.3) is 0 Å². The fourth-order valence-electron chi connectivity index (χ4n) is 1.63.